The molecule has 56 valence electrons. The second kappa shape index (κ2) is 3.20. The van der Waals surface area contributed by atoms with Crippen molar-refractivity contribution in [2.75, 3.05) is 13.1 Å². The Morgan fingerprint density at radius 3 is 2.50 bits per heavy atom. The molecule has 1 aliphatic rings. The van der Waals surface area contributed by atoms with E-state index in [1.807, 2.05) is 4.90 Å². The van der Waals surface area contributed by atoms with Gasteiger partial charge >= 0.3 is 0 Å². The highest BCUT2D eigenvalue weighted by Gasteiger charge is 2.06. The molecule has 1 aliphatic heterocycles. The fraction of sp³-hybridized carbons (Fsp3) is 0.667. The molecule has 0 aromatic carbocycles. The van der Waals surface area contributed by atoms with Crippen molar-refractivity contribution >= 4 is 0 Å². The van der Waals surface area contributed by atoms with Gasteiger partial charge in [0.1, 0.15) is 0 Å². The van der Waals surface area contributed by atoms with Crippen LogP contribution in [0.2, 0.25) is 0 Å². The number of nitrogens with zero attached hydrogens (tertiary/aromatic N) is 2. The lowest BCUT2D eigenvalue weighted by Gasteiger charge is -2.06. The van der Waals surface area contributed by atoms with Gasteiger partial charge in [0, 0.05) is 13.1 Å². The van der Waals surface area contributed by atoms with E-state index in [9.17, 15) is 10.1 Å². The maximum Gasteiger partial charge on any atom is 0.250 e. The van der Waals surface area contributed by atoms with E-state index in [1.54, 1.807) is 6.20 Å². The molecule has 1 heterocycles. The first-order valence-corrected chi connectivity index (χ1v) is 3.35. The molecule has 0 amide bonds. The zero-order chi connectivity index (χ0) is 7.40. The van der Waals surface area contributed by atoms with Crippen LogP contribution in [0.25, 0.3) is 0 Å². The van der Waals surface area contributed by atoms with Crippen LogP contribution in [0.15, 0.2) is 12.4 Å². The molecule has 4 nitrogen and oxygen atoms in total. The molecule has 0 aromatic heterocycles. The van der Waals surface area contributed by atoms with Gasteiger partial charge < -0.3 is 4.90 Å². The summed E-state index contributed by atoms with van der Waals surface area (Å²) in [5.41, 5.74) is 0. The van der Waals surface area contributed by atoms with Crippen LogP contribution in [0.5, 0.6) is 0 Å². The molecule has 1 fully saturated rings. The molecular weight excluding hydrogens is 132 g/mol. The van der Waals surface area contributed by atoms with Crippen molar-refractivity contribution in [3.8, 4) is 0 Å². The summed E-state index contributed by atoms with van der Waals surface area (Å²) < 4.78 is 0. The van der Waals surface area contributed by atoms with Gasteiger partial charge in [-0.05, 0) is 12.8 Å². The Kier molecular flexibility index (Phi) is 2.25. The minimum Gasteiger partial charge on any atom is -0.372 e. The fourth-order valence-corrected chi connectivity index (χ4v) is 1.04. The van der Waals surface area contributed by atoms with Crippen molar-refractivity contribution in [2.45, 2.75) is 12.8 Å². The predicted octanol–water partition coefficient (Wildman–Crippen LogP) is 0.830. The zero-order valence-corrected chi connectivity index (χ0v) is 5.69. The van der Waals surface area contributed by atoms with Crippen molar-refractivity contribution in [3.63, 3.8) is 0 Å². The zero-order valence-electron chi connectivity index (χ0n) is 5.69. The highest BCUT2D eigenvalue weighted by molar-refractivity contribution is 4.78. The van der Waals surface area contributed by atoms with Gasteiger partial charge in [-0.15, -0.1) is 0 Å². The van der Waals surface area contributed by atoms with Gasteiger partial charge in [0.25, 0.3) is 0 Å². The molecule has 0 aliphatic carbocycles. The van der Waals surface area contributed by atoms with Crippen LogP contribution in [0.4, 0.5) is 0 Å². The Morgan fingerprint density at radius 1 is 1.40 bits per heavy atom. The molecule has 0 atom stereocenters. The second-order valence-corrected chi connectivity index (χ2v) is 2.33. The van der Waals surface area contributed by atoms with E-state index < -0.39 is 4.92 Å². The van der Waals surface area contributed by atoms with Crippen LogP contribution in [-0.2, 0) is 0 Å². The Morgan fingerprint density at radius 2 is 2.00 bits per heavy atom. The minimum absolute atomic E-state index is 0.432. The molecule has 0 radical (unpaired) electrons. The van der Waals surface area contributed by atoms with Gasteiger partial charge in [-0.1, -0.05) is 0 Å². The molecule has 0 bridgehead atoms. The molecule has 1 saturated heterocycles. The van der Waals surface area contributed by atoms with E-state index >= 15 is 0 Å². The van der Waals surface area contributed by atoms with Gasteiger partial charge in [-0.2, -0.15) is 0 Å². The monoisotopic (exact) mass is 142 g/mol. The lowest BCUT2D eigenvalue weighted by Crippen LogP contribution is -2.10. The van der Waals surface area contributed by atoms with Gasteiger partial charge in [0.2, 0.25) is 6.20 Å². The van der Waals surface area contributed by atoms with E-state index in [2.05, 4.69) is 0 Å². The smallest absolute Gasteiger partial charge is 0.250 e. The highest BCUT2D eigenvalue weighted by atomic mass is 16.6. The summed E-state index contributed by atoms with van der Waals surface area (Å²) in [4.78, 5) is 11.4. The van der Waals surface area contributed by atoms with E-state index in [-0.39, 0.29) is 0 Å². The summed E-state index contributed by atoms with van der Waals surface area (Å²) in [5, 5.41) is 9.85. The quantitative estimate of drug-likeness (QED) is 0.423. The first kappa shape index (κ1) is 7.05. The van der Waals surface area contributed by atoms with E-state index in [4.69, 9.17) is 0 Å². The molecule has 0 saturated carbocycles. The van der Waals surface area contributed by atoms with Crippen molar-refractivity contribution in [2.24, 2.45) is 0 Å². The van der Waals surface area contributed by atoms with E-state index in [1.165, 1.54) is 0 Å². The number of nitro groups is 1. The van der Waals surface area contributed by atoms with Gasteiger partial charge in [-0.25, -0.2) is 0 Å². The SMILES string of the molecule is O=[N+]([O-])/C=C\N1CCCC1. The van der Waals surface area contributed by atoms with Crippen molar-refractivity contribution in [1.82, 2.24) is 4.90 Å². The highest BCUT2D eigenvalue weighted by Crippen LogP contribution is 2.06. The normalized spacial score (nSPS) is 18.6. The standard InChI is InChI=1S/C6H10N2O2/c9-8(10)6-5-7-3-1-2-4-7/h5-6H,1-4H2/b6-5-. The van der Waals surface area contributed by atoms with Crippen molar-refractivity contribution < 1.29 is 4.92 Å². The molecule has 0 aromatic rings. The maximum absolute atomic E-state index is 9.85. The third-order valence-corrected chi connectivity index (χ3v) is 1.54. The first-order valence-electron chi connectivity index (χ1n) is 3.35. The molecule has 0 unspecified atom stereocenters. The fourth-order valence-electron chi connectivity index (χ4n) is 1.04. The van der Waals surface area contributed by atoms with Crippen LogP contribution in [0.3, 0.4) is 0 Å². The predicted molar refractivity (Wildman–Crippen MR) is 36.9 cm³/mol. The average molecular weight is 142 g/mol. The number of hydrogen-bond acceptors (Lipinski definition) is 3. The molecular formula is C6H10N2O2. The Bertz CT molecular complexity index is 150. The molecule has 1 rings (SSSR count). The van der Waals surface area contributed by atoms with Crippen LogP contribution in [0.1, 0.15) is 12.8 Å². The van der Waals surface area contributed by atoms with Gasteiger partial charge in [-0.3, -0.25) is 10.1 Å². The van der Waals surface area contributed by atoms with Crippen molar-refractivity contribution in [3.05, 3.63) is 22.5 Å². The summed E-state index contributed by atoms with van der Waals surface area (Å²) in [5.74, 6) is 0. The topological polar surface area (TPSA) is 46.4 Å². The van der Waals surface area contributed by atoms with Crippen LogP contribution >= 0.6 is 0 Å². The lowest BCUT2D eigenvalue weighted by atomic mass is 10.4. The van der Waals surface area contributed by atoms with Gasteiger partial charge in [0.05, 0.1) is 11.1 Å². The average Bonchev–Trinajstić information content (AvgIpc) is 2.34. The first-order chi connectivity index (χ1) is 4.79. The summed E-state index contributed by atoms with van der Waals surface area (Å²) in [6.07, 6.45) is 4.85. The van der Waals surface area contributed by atoms with Crippen LogP contribution in [0, 0.1) is 10.1 Å². The largest absolute Gasteiger partial charge is 0.372 e. The third-order valence-electron chi connectivity index (χ3n) is 1.54. The summed E-state index contributed by atoms with van der Waals surface area (Å²) in [7, 11) is 0. The maximum atomic E-state index is 9.85. The Labute approximate surface area is 59.3 Å². The molecule has 4 heteroatoms. The van der Waals surface area contributed by atoms with Crippen LogP contribution < -0.4 is 0 Å². The Hall–Kier alpha value is -1.06. The minimum atomic E-state index is -0.432. The number of likely N-dealkylation sites (tertiary alicyclic amines) is 1. The number of hydrogen-bond donors (Lipinski definition) is 0. The second-order valence-electron chi connectivity index (χ2n) is 2.33. The molecule has 0 spiro atoms. The van der Waals surface area contributed by atoms with E-state index in [0.717, 1.165) is 32.1 Å². The van der Waals surface area contributed by atoms with Crippen molar-refractivity contribution in [1.29, 1.82) is 0 Å². The third kappa shape index (κ3) is 2.05. The Balaban J connectivity index is 2.29. The summed E-state index contributed by atoms with van der Waals surface area (Å²) in [6.45, 7) is 1.93. The summed E-state index contributed by atoms with van der Waals surface area (Å²) in [6, 6.07) is 0. The molecule has 0 N–H and O–H groups in total. The summed E-state index contributed by atoms with van der Waals surface area (Å²) >= 11 is 0. The van der Waals surface area contributed by atoms with E-state index in [0.29, 0.717) is 0 Å². The number of rotatable bonds is 2. The van der Waals surface area contributed by atoms with Crippen LogP contribution in [-0.4, -0.2) is 22.9 Å². The lowest BCUT2D eigenvalue weighted by molar-refractivity contribution is -0.403. The molecule has 10 heavy (non-hydrogen) atoms. The van der Waals surface area contributed by atoms with Gasteiger partial charge in [0.15, 0.2) is 0 Å².